The fourth-order valence-electron chi connectivity index (χ4n) is 1.78. The summed E-state index contributed by atoms with van der Waals surface area (Å²) in [5.74, 6) is -4.08. The summed E-state index contributed by atoms with van der Waals surface area (Å²) in [6, 6.07) is 4.61. The van der Waals surface area contributed by atoms with E-state index in [0.717, 1.165) is 18.6 Å². The molecule has 0 aliphatic heterocycles. The molecule has 0 fully saturated rings. The largest absolute Gasteiger partial charge is 0.341 e. The molecule has 0 aliphatic rings. The first-order valence-electron chi connectivity index (χ1n) is 6.46. The van der Waals surface area contributed by atoms with Crippen molar-refractivity contribution in [3.05, 3.63) is 24.3 Å². The van der Waals surface area contributed by atoms with Crippen LogP contribution in [-0.4, -0.2) is 26.6 Å². The molecular weight excluding hydrogens is 302 g/mol. The molecule has 8 heteroatoms. The Balaban J connectivity index is 2.82. The fourth-order valence-corrected chi connectivity index (χ4v) is 2.50. The predicted molar refractivity (Wildman–Crippen MR) is 75.7 cm³/mol. The zero-order valence-electron chi connectivity index (χ0n) is 11.6. The third kappa shape index (κ3) is 4.47. The topological polar surface area (TPSA) is 89.3 Å². The van der Waals surface area contributed by atoms with Gasteiger partial charge in [-0.2, -0.15) is 8.78 Å². The number of anilines is 1. The minimum absolute atomic E-state index is 0.206. The number of amides is 1. The van der Waals surface area contributed by atoms with Gasteiger partial charge in [-0.05, 0) is 30.7 Å². The van der Waals surface area contributed by atoms with Gasteiger partial charge in [-0.3, -0.25) is 4.79 Å². The lowest BCUT2D eigenvalue weighted by Crippen LogP contribution is -2.29. The second-order valence-electron chi connectivity index (χ2n) is 4.54. The SMILES string of the molecule is CCCC(CN)C(=O)Nc1ccc(S(=O)(=O)C(F)F)cc1. The molecule has 1 amide bonds. The quantitative estimate of drug-likeness (QED) is 0.804. The van der Waals surface area contributed by atoms with Gasteiger partial charge in [0, 0.05) is 12.2 Å². The fraction of sp³-hybridized carbons (Fsp3) is 0.462. The summed E-state index contributed by atoms with van der Waals surface area (Å²) < 4.78 is 47.3. The molecule has 0 saturated carbocycles. The molecule has 0 spiro atoms. The smallest absolute Gasteiger partial charge is 0.330 e. The van der Waals surface area contributed by atoms with Gasteiger partial charge in [-0.1, -0.05) is 13.3 Å². The minimum Gasteiger partial charge on any atom is -0.330 e. The third-order valence-corrected chi connectivity index (χ3v) is 4.38. The second-order valence-corrected chi connectivity index (χ2v) is 6.46. The van der Waals surface area contributed by atoms with E-state index in [1.165, 1.54) is 12.1 Å². The number of carbonyl (C=O) groups is 1. The summed E-state index contributed by atoms with van der Waals surface area (Å²) in [4.78, 5) is 11.4. The van der Waals surface area contributed by atoms with Crippen molar-refractivity contribution in [1.29, 1.82) is 0 Å². The summed E-state index contributed by atoms with van der Waals surface area (Å²) in [5.41, 5.74) is 5.84. The van der Waals surface area contributed by atoms with Gasteiger partial charge in [0.2, 0.25) is 15.7 Å². The van der Waals surface area contributed by atoms with Gasteiger partial charge in [0.15, 0.2) is 0 Å². The molecule has 21 heavy (non-hydrogen) atoms. The summed E-state index contributed by atoms with van der Waals surface area (Å²) in [7, 11) is -4.62. The number of carbonyl (C=O) groups excluding carboxylic acids is 1. The average molecular weight is 320 g/mol. The standard InChI is InChI=1S/C13H18F2N2O3S/c1-2-3-9(8-16)12(18)17-10-4-6-11(7-5-10)21(19,20)13(14)15/h4-7,9,13H,2-3,8,16H2,1H3,(H,17,18). The molecule has 3 N–H and O–H groups in total. The van der Waals surface area contributed by atoms with E-state index in [0.29, 0.717) is 12.1 Å². The Morgan fingerprint density at radius 3 is 2.29 bits per heavy atom. The van der Waals surface area contributed by atoms with Crippen LogP contribution in [0.15, 0.2) is 29.2 Å². The molecule has 0 aliphatic carbocycles. The lowest BCUT2D eigenvalue weighted by molar-refractivity contribution is -0.119. The Morgan fingerprint density at radius 1 is 1.29 bits per heavy atom. The Labute approximate surface area is 122 Å². The maximum Gasteiger partial charge on any atom is 0.341 e. The molecule has 1 aromatic rings. The van der Waals surface area contributed by atoms with Crippen LogP contribution in [0, 0.1) is 5.92 Å². The van der Waals surface area contributed by atoms with Crippen LogP contribution < -0.4 is 11.1 Å². The number of nitrogens with two attached hydrogens (primary N) is 1. The zero-order chi connectivity index (χ0) is 16.0. The Kier molecular flexibility index (Phi) is 6.22. The first-order valence-corrected chi connectivity index (χ1v) is 8.00. The van der Waals surface area contributed by atoms with Crippen molar-refractivity contribution in [2.45, 2.75) is 30.4 Å². The van der Waals surface area contributed by atoms with Gasteiger partial charge in [-0.15, -0.1) is 0 Å². The molecule has 5 nitrogen and oxygen atoms in total. The molecule has 0 bridgehead atoms. The van der Waals surface area contributed by atoms with Crippen molar-refractivity contribution in [2.24, 2.45) is 11.7 Å². The van der Waals surface area contributed by atoms with Crippen molar-refractivity contribution in [2.75, 3.05) is 11.9 Å². The molecule has 1 atom stereocenters. The Hall–Kier alpha value is -1.54. The number of hydrogen-bond donors (Lipinski definition) is 2. The van der Waals surface area contributed by atoms with Crippen molar-refractivity contribution < 1.29 is 22.0 Å². The number of alkyl halides is 2. The van der Waals surface area contributed by atoms with Gasteiger partial charge >= 0.3 is 5.76 Å². The highest BCUT2D eigenvalue weighted by Crippen LogP contribution is 2.20. The van der Waals surface area contributed by atoms with Crippen LogP contribution in [0.3, 0.4) is 0 Å². The van der Waals surface area contributed by atoms with Crippen LogP contribution in [0.4, 0.5) is 14.5 Å². The number of rotatable bonds is 7. The van der Waals surface area contributed by atoms with Crippen LogP contribution in [0.2, 0.25) is 0 Å². The molecular formula is C13H18F2N2O3S. The summed E-state index contributed by atoms with van der Waals surface area (Å²) in [5, 5.41) is 2.58. The molecule has 1 rings (SSSR count). The molecule has 0 saturated heterocycles. The van der Waals surface area contributed by atoms with E-state index in [4.69, 9.17) is 5.73 Å². The predicted octanol–water partition coefficient (Wildman–Crippen LogP) is 2.00. The second kappa shape index (κ2) is 7.46. The lowest BCUT2D eigenvalue weighted by Gasteiger charge is -2.14. The van der Waals surface area contributed by atoms with Crippen molar-refractivity contribution in [1.82, 2.24) is 0 Å². The van der Waals surface area contributed by atoms with Crippen LogP contribution in [-0.2, 0) is 14.6 Å². The van der Waals surface area contributed by atoms with E-state index in [9.17, 15) is 22.0 Å². The Morgan fingerprint density at radius 2 is 1.86 bits per heavy atom. The highest BCUT2D eigenvalue weighted by molar-refractivity contribution is 7.91. The third-order valence-electron chi connectivity index (χ3n) is 2.98. The van der Waals surface area contributed by atoms with Gasteiger partial charge in [0.1, 0.15) is 0 Å². The minimum atomic E-state index is -4.62. The summed E-state index contributed by atoms with van der Waals surface area (Å²) in [6.07, 6.45) is 1.45. The van der Waals surface area contributed by atoms with E-state index in [1.54, 1.807) is 0 Å². The van der Waals surface area contributed by atoms with E-state index in [2.05, 4.69) is 5.32 Å². The number of benzene rings is 1. The number of nitrogens with one attached hydrogen (secondary N) is 1. The highest BCUT2D eigenvalue weighted by Gasteiger charge is 2.26. The van der Waals surface area contributed by atoms with Gasteiger partial charge in [-0.25, -0.2) is 8.42 Å². The van der Waals surface area contributed by atoms with Crippen LogP contribution in [0.25, 0.3) is 0 Å². The zero-order valence-corrected chi connectivity index (χ0v) is 12.4. The van der Waals surface area contributed by atoms with E-state index >= 15 is 0 Å². The van der Waals surface area contributed by atoms with Crippen molar-refractivity contribution in [3.63, 3.8) is 0 Å². The van der Waals surface area contributed by atoms with E-state index in [1.807, 2.05) is 6.92 Å². The monoisotopic (exact) mass is 320 g/mol. The van der Waals surface area contributed by atoms with E-state index < -0.39 is 20.5 Å². The summed E-state index contributed by atoms with van der Waals surface area (Å²) in [6.45, 7) is 2.14. The maximum atomic E-state index is 12.4. The number of sulfone groups is 1. The van der Waals surface area contributed by atoms with Crippen LogP contribution in [0.5, 0.6) is 0 Å². The normalized spacial score (nSPS) is 13.2. The Bertz CT molecular complexity index is 574. The molecule has 0 aromatic heterocycles. The summed E-state index contributed by atoms with van der Waals surface area (Å²) >= 11 is 0. The van der Waals surface area contributed by atoms with Crippen molar-refractivity contribution in [3.8, 4) is 0 Å². The van der Waals surface area contributed by atoms with Crippen LogP contribution in [0.1, 0.15) is 19.8 Å². The maximum absolute atomic E-state index is 12.4. The van der Waals surface area contributed by atoms with E-state index in [-0.39, 0.29) is 18.4 Å². The number of hydrogen-bond acceptors (Lipinski definition) is 4. The molecule has 1 aromatic carbocycles. The first-order chi connectivity index (χ1) is 9.82. The van der Waals surface area contributed by atoms with Gasteiger partial charge in [0.05, 0.1) is 10.8 Å². The lowest BCUT2D eigenvalue weighted by atomic mass is 10.0. The van der Waals surface area contributed by atoms with Gasteiger partial charge < -0.3 is 11.1 Å². The molecule has 118 valence electrons. The molecule has 1 unspecified atom stereocenters. The molecule has 0 radical (unpaired) electrons. The van der Waals surface area contributed by atoms with Gasteiger partial charge in [0.25, 0.3) is 0 Å². The average Bonchev–Trinajstić information content (AvgIpc) is 2.45. The van der Waals surface area contributed by atoms with Crippen LogP contribution >= 0.6 is 0 Å². The highest BCUT2D eigenvalue weighted by atomic mass is 32.2. The van der Waals surface area contributed by atoms with Crippen molar-refractivity contribution >= 4 is 21.4 Å². The first kappa shape index (κ1) is 17.5. The number of halogens is 2. The molecule has 0 heterocycles.